The first-order valence-electron chi connectivity index (χ1n) is 1.52. The largest absolute Gasteiger partial charge is 0.633 e. The van der Waals surface area contributed by atoms with Crippen LogP contribution in [0.5, 0.6) is 0 Å². The van der Waals surface area contributed by atoms with Crippen molar-refractivity contribution < 1.29 is 4.65 Å². The maximum Gasteiger partial charge on any atom is 0.0674 e. The number of nitrogens with zero attached hydrogens (tertiary/aromatic N) is 1. The molecule has 0 rings (SSSR count). The van der Waals surface area contributed by atoms with E-state index in [0.717, 1.165) is 0 Å². The van der Waals surface area contributed by atoms with Gasteiger partial charge in [0.1, 0.15) is 0 Å². The Morgan fingerprint density at radius 2 is 1.17 bits per heavy atom. The van der Waals surface area contributed by atoms with E-state index in [1.54, 1.807) is 21.1 Å². The minimum absolute atomic E-state index is 0. The molecule has 3 heteroatoms. The lowest BCUT2D eigenvalue weighted by Crippen LogP contribution is -2.25. The second-order valence-corrected chi connectivity index (χ2v) is 1.89. The highest BCUT2D eigenvalue weighted by molar-refractivity contribution is 4.05. The minimum atomic E-state index is -0.250. The van der Waals surface area contributed by atoms with Crippen LogP contribution in [0.1, 0.15) is 0 Å². The molecule has 0 saturated heterocycles. The van der Waals surface area contributed by atoms with Gasteiger partial charge in [-0.05, 0) is 0 Å². The molecule has 0 spiro atoms. The van der Waals surface area contributed by atoms with E-state index in [4.69, 9.17) is 0 Å². The summed E-state index contributed by atoms with van der Waals surface area (Å²) in [4.78, 5) is 0. The van der Waals surface area contributed by atoms with E-state index in [2.05, 4.69) is 0 Å². The van der Waals surface area contributed by atoms with Gasteiger partial charge in [-0.2, -0.15) is 0 Å². The van der Waals surface area contributed by atoms with E-state index >= 15 is 0 Å². The molecule has 0 aromatic carbocycles. The van der Waals surface area contributed by atoms with Crippen LogP contribution in [0.2, 0.25) is 0 Å². The minimum Gasteiger partial charge on any atom is -0.633 e. The molecule has 0 fully saturated rings. The summed E-state index contributed by atoms with van der Waals surface area (Å²) in [6.07, 6.45) is 0. The Labute approximate surface area is 38.3 Å². The van der Waals surface area contributed by atoms with Crippen LogP contribution in [0.3, 0.4) is 0 Å². The molecule has 6 heavy (non-hydrogen) atoms. The third-order valence-electron chi connectivity index (χ3n) is 0. The smallest absolute Gasteiger partial charge is 0.0674 e. The topological polar surface area (TPSA) is 58.1 Å². The van der Waals surface area contributed by atoms with Gasteiger partial charge in [0.15, 0.2) is 0 Å². The Bertz CT molecular complexity index is 24.3. The van der Waals surface area contributed by atoms with E-state index in [1.807, 2.05) is 0 Å². The van der Waals surface area contributed by atoms with Gasteiger partial charge >= 0.3 is 0 Å². The zero-order valence-electron chi connectivity index (χ0n) is 4.56. The summed E-state index contributed by atoms with van der Waals surface area (Å²) in [5.74, 6) is 0. The fourth-order valence-electron chi connectivity index (χ4n) is 0. The van der Waals surface area contributed by atoms with Crippen molar-refractivity contribution in [3.63, 3.8) is 0 Å². The van der Waals surface area contributed by atoms with E-state index in [0.29, 0.717) is 0 Å². The summed E-state index contributed by atoms with van der Waals surface area (Å²) in [5.41, 5.74) is 0. The van der Waals surface area contributed by atoms with Crippen LogP contribution < -0.4 is 6.15 Å². The van der Waals surface area contributed by atoms with Crippen molar-refractivity contribution in [2.24, 2.45) is 0 Å². The van der Waals surface area contributed by atoms with Gasteiger partial charge < -0.3 is 16.0 Å². The van der Waals surface area contributed by atoms with Crippen molar-refractivity contribution in [2.75, 3.05) is 21.1 Å². The van der Waals surface area contributed by atoms with E-state index in [9.17, 15) is 5.21 Å². The van der Waals surface area contributed by atoms with Gasteiger partial charge in [-0.3, -0.25) is 0 Å². The average molecular weight is 92.1 g/mol. The van der Waals surface area contributed by atoms with E-state index in [-0.39, 0.29) is 10.8 Å². The first-order chi connectivity index (χ1) is 2.00. The number of hydrogen-bond donors (Lipinski definition) is 1. The molecule has 3 nitrogen and oxygen atoms in total. The van der Waals surface area contributed by atoms with Crippen molar-refractivity contribution >= 4 is 0 Å². The third kappa shape index (κ3) is 2230. The Balaban J connectivity index is 0. The van der Waals surface area contributed by atoms with Crippen LogP contribution in [0.15, 0.2) is 0 Å². The first kappa shape index (κ1) is 9.30. The summed E-state index contributed by atoms with van der Waals surface area (Å²) in [7, 11) is 4.71. The molecule has 40 valence electrons. The van der Waals surface area contributed by atoms with Crippen molar-refractivity contribution in [1.29, 1.82) is 0 Å². The van der Waals surface area contributed by atoms with Gasteiger partial charge in [-0.1, -0.05) is 0 Å². The molecule has 0 amide bonds. The summed E-state index contributed by atoms with van der Waals surface area (Å²) in [6, 6.07) is 0. The zero-order chi connectivity index (χ0) is 4.50. The van der Waals surface area contributed by atoms with Gasteiger partial charge in [0.2, 0.25) is 0 Å². The number of hydroxylamine groups is 3. The van der Waals surface area contributed by atoms with Gasteiger partial charge in [0.05, 0.1) is 21.1 Å². The number of quaternary nitrogens is 1. The van der Waals surface area contributed by atoms with Crippen LogP contribution >= 0.6 is 0 Å². The molecule has 0 aromatic heterocycles. The molecular formula is C3H12N2O. The van der Waals surface area contributed by atoms with Crippen LogP contribution in [-0.2, 0) is 0 Å². The van der Waals surface area contributed by atoms with Crippen molar-refractivity contribution in [3.05, 3.63) is 5.21 Å². The second-order valence-electron chi connectivity index (χ2n) is 1.89. The maximum atomic E-state index is 10.0. The Hall–Kier alpha value is -0.120. The van der Waals surface area contributed by atoms with E-state index in [1.165, 1.54) is 0 Å². The molecule has 0 aromatic rings. The average Bonchev–Trinajstić information content (AvgIpc) is 0.722. The fourth-order valence-corrected chi connectivity index (χ4v) is 0. The number of hydrogen-bond acceptors (Lipinski definition) is 2. The molecule has 0 radical (unpaired) electrons. The fraction of sp³-hybridized carbons (Fsp3) is 1.00. The lowest BCUT2D eigenvalue weighted by molar-refractivity contribution is -0.818. The van der Waals surface area contributed by atoms with E-state index < -0.39 is 0 Å². The Morgan fingerprint density at radius 3 is 1.17 bits per heavy atom. The highest BCUT2D eigenvalue weighted by atomic mass is 16.5. The molecule has 0 aliphatic carbocycles. The summed E-state index contributed by atoms with van der Waals surface area (Å²) < 4.78 is -0.250. The molecule has 3 N–H and O–H groups in total. The van der Waals surface area contributed by atoms with Gasteiger partial charge in [0.25, 0.3) is 0 Å². The predicted molar refractivity (Wildman–Crippen MR) is 26.4 cm³/mol. The standard InChI is InChI=1S/C3H9NO.H3N/c1-4(2,3)5;/h1-3H3;1H3. The highest BCUT2D eigenvalue weighted by Crippen LogP contribution is 1.77. The van der Waals surface area contributed by atoms with Crippen molar-refractivity contribution in [2.45, 2.75) is 0 Å². The molecule has 0 bridgehead atoms. The number of rotatable bonds is 0. The molecule has 0 saturated carbocycles. The third-order valence-corrected chi connectivity index (χ3v) is 0. The quantitative estimate of drug-likeness (QED) is 0.346. The summed E-state index contributed by atoms with van der Waals surface area (Å²) in [5, 5.41) is 10.0. The lowest BCUT2D eigenvalue weighted by Gasteiger charge is -2.27. The second kappa shape index (κ2) is 2.12. The molecule has 0 unspecified atom stereocenters. The molecular weight excluding hydrogens is 80.0 g/mol. The van der Waals surface area contributed by atoms with Gasteiger partial charge in [-0.25, -0.2) is 0 Å². The van der Waals surface area contributed by atoms with Crippen molar-refractivity contribution in [1.82, 2.24) is 6.15 Å². The summed E-state index contributed by atoms with van der Waals surface area (Å²) >= 11 is 0. The first-order valence-corrected chi connectivity index (χ1v) is 1.52. The summed E-state index contributed by atoms with van der Waals surface area (Å²) in [6.45, 7) is 0. The SMILES string of the molecule is C[N+](C)(C)[O-].N. The molecule has 0 aliphatic heterocycles. The molecule has 0 atom stereocenters. The van der Waals surface area contributed by atoms with Crippen LogP contribution in [0, 0.1) is 5.21 Å². The lowest BCUT2D eigenvalue weighted by atomic mass is 11.0. The monoisotopic (exact) mass is 92.1 g/mol. The Morgan fingerprint density at radius 1 is 1.17 bits per heavy atom. The van der Waals surface area contributed by atoms with Gasteiger partial charge in [0, 0.05) is 0 Å². The van der Waals surface area contributed by atoms with Crippen molar-refractivity contribution in [3.8, 4) is 0 Å². The van der Waals surface area contributed by atoms with Gasteiger partial charge in [-0.15, -0.1) is 0 Å². The highest BCUT2D eigenvalue weighted by Gasteiger charge is 1.79. The van der Waals surface area contributed by atoms with Crippen LogP contribution in [-0.4, -0.2) is 25.8 Å². The maximum absolute atomic E-state index is 10.0. The Kier molecular flexibility index (Phi) is 3.29. The molecule has 0 aliphatic rings. The normalized spacial score (nSPS) is 10.0. The predicted octanol–water partition coefficient (Wildman–Crippen LogP) is 0.352. The zero-order valence-corrected chi connectivity index (χ0v) is 4.56. The molecule has 0 heterocycles. The van der Waals surface area contributed by atoms with Crippen LogP contribution in [0.25, 0.3) is 0 Å². The van der Waals surface area contributed by atoms with Crippen LogP contribution in [0.4, 0.5) is 0 Å².